The van der Waals surface area contributed by atoms with Crippen LogP contribution in [0.15, 0.2) is 11.6 Å². The Hall–Kier alpha value is -1.49. The number of carbonyl (C=O) groups is 2. The van der Waals surface area contributed by atoms with E-state index >= 15 is 0 Å². The molecule has 0 radical (unpaired) electrons. The van der Waals surface area contributed by atoms with E-state index in [1.54, 1.807) is 0 Å². The van der Waals surface area contributed by atoms with E-state index in [4.69, 9.17) is 18.5 Å². The second kappa shape index (κ2) is 28.5. The molecule has 4 aliphatic rings. The number of fused-ring (bicyclic) bond motifs is 5. The van der Waals surface area contributed by atoms with Crippen LogP contribution in [0.4, 0.5) is 4.79 Å². The van der Waals surface area contributed by atoms with Gasteiger partial charge in [-0.05, 0) is 104 Å². The van der Waals surface area contributed by atoms with E-state index in [2.05, 4.69) is 52.9 Å². The van der Waals surface area contributed by atoms with Crippen molar-refractivity contribution >= 4 is 19.9 Å². The van der Waals surface area contributed by atoms with Gasteiger partial charge in [-0.2, -0.15) is 0 Å². The summed E-state index contributed by atoms with van der Waals surface area (Å²) in [5.41, 5.74) is 1.79. The highest BCUT2D eigenvalue weighted by Crippen LogP contribution is 2.67. The fraction of sp³-hybridized carbons (Fsp3) is 0.927. The molecule has 2 N–H and O–H groups in total. The van der Waals surface area contributed by atoms with E-state index in [1.807, 2.05) is 21.1 Å². The number of phosphoric ester groups is 1. The average molecular weight is 965 g/mol. The predicted molar refractivity (Wildman–Crippen MR) is 270 cm³/mol. The van der Waals surface area contributed by atoms with E-state index < -0.39 is 44.8 Å². The van der Waals surface area contributed by atoms with Crippen LogP contribution in [-0.4, -0.2) is 87.4 Å². The lowest BCUT2D eigenvalue weighted by Gasteiger charge is -2.58. The molecule has 390 valence electrons. The van der Waals surface area contributed by atoms with Crippen LogP contribution in [0.3, 0.4) is 0 Å². The molecule has 4 rings (SSSR count). The maximum Gasteiger partial charge on any atom is 0.407 e. The number of unbranched alkanes of at least 4 members (excludes halogenated alkanes) is 15. The van der Waals surface area contributed by atoms with E-state index in [1.165, 1.54) is 134 Å². The Bertz CT molecular complexity index is 1530. The predicted octanol–water partition coefficient (Wildman–Crippen LogP) is 13.4. The lowest BCUT2D eigenvalue weighted by atomic mass is 9.47. The number of alkyl carbamates (subject to hydrolysis) is 1. The molecular weight excluding hydrogens is 864 g/mol. The first-order chi connectivity index (χ1) is 31.8. The number of rotatable bonds is 34. The van der Waals surface area contributed by atoms with Crippen LogP contribution in [0.25, 0.3) is 0 Å². The number of likely N-dealkylation sites (N-methyl/N-ethyl adjacent to an activating group) is 1. The summed E-state index contributed by atoms with van der Waals surface area (Å²) >= 11 is 0. The van der Waals surface area contributed by atoms with Gasteiger partial charge in [-0.15, -0.1) is 0 Å². The molecule has 0 spiro atoms. The van der Waals surface area contributed by atoms with Gasteiger partial charge < -0.3 is 38.3 Å². The van der Waals surface area contributed by atoms with Crippen molar-refractivity contribution in [1.82, 2.24) is 5.32 Å². The molecule has 0 bridgehead atoms. The Labute approximate surface area is 409 Å². The number of nitrogens with one attached hydrogen (secondary N) is 1. The molecule has 12 heteroatoms. The molecular formula is C55H101N2O9P. The van der Waals surface area contributed by atoms with Crippen molar-refractivity contribution in [3.05, 3.63) is 11.6 Å². The molecule has 0 aromatic heterocycles. The van der Waals surface area contributed by atoms with Crippen molar-refractivity contribution in [3.8, 4) is 0 Å². The Balaban J connectivity index is 1.29. The van der Waals surface area contributed by atoms with Crippen LogP contribution in [0.1, 0.15) is 215 Å². The largest absolute Gasteiger partial charge is 0.756 e. The number of allylic oxidation sites excluding steroid dienone is 1. The van der Waals surface area contributed by atoms with Crippen molar-refractivity contribution in [2.75, 3.05) is 47.4 Å². The van der Waals surface area contributed by atoms with Crippen molar-refractivity contribution in [2.24, 2.45) is 46.3 Å². The first-order valence-corrected chi connectivity index (χ1v) is 29.2. The molecule has 0 heterocycles. The maximum absolute atomic E-state index is 13.2. The summed E-state index contributed by atoms with van der Waals surface area (Å²) in [6.07, 6.45) is 30.5. The summed E-state index contributed by atoms with van der Waals surface area (Å²) in [4.78, 5) is 39.1. The molecule has 0 saturated heterocycles. The number of amides is 1. The minimum atomic E-state index is -4.85. The minimum absolute atomic E-state index is 0.0354. The number of nitrogens with zero attached hydrogens (tertiary/aromatic N) is 1. The molecule has 67 heavy (non-hydrogen) atoms. The van der Waals surface area contributed by atoms with E-state index in [-0.39, 0.29) is 12.0 Å². The molecule has 4 aliphatic carbocycles. The third kappa shape index (κ3) is 18.9. The molecule has 6 unspecified atom stereocenters. The molecule has 0 aromatic rings. The molecule has 11 nitrogen and oxygen atoms in total. The van der Waals surface area contributed by atoms with Gasteiger partial charge in [0.05, 0.1) is 33.9 Å². The standard InChI is InChI=1S/C55H101N2O9P/c1-10-11-12-13-14-15-16-17-18-19-20-21-22-23-24-25-37-56-53(60)66-50(41-64-67(61,62)63-39-38-57(7,8)9)51(52(58)59)65-45-33-35-54(5)44(40-45)29-30-46-48-32-31-47(43(4)28-26-27-42(2)3)55(48,6)36-34-49(46)54/h29,42-43,45-51H,10-28,30-41H2,1-9H3,(H2-,56,58,59,60,61,62)/t43-,45?,46?,47-,48?,49?,50+,51?,54+,55-/m1/s1. The normalized spacial score (nSPS) is 28.4. The second-order valence-corrected chi connectivity index (χ2v) is 25.2. The van der Waals surface area contributed by atoms with Crippen LogP contribution in [0, 0.1) is 46.3 Å². The SMILES string of the molecule is CCCCCCCCCCCCCCCCCCNC(=O)O[C@@H](COP(=O)([O-])OCC[N+](C)(C)C)C(OC1CC[C@@]2(C)C(=CCC3C2CC[C@@]2(C)C3CC[C@@H]2[C@H](C)CCCC(C)C)C1)C(=O)O. The number of hydrogen-bond acceptors (Lipinski definition) is 8. The first-order valence-electron chi connectivity index (χ1n) is 27.7. The molecule has 0 aliphatic heterocycles. The van der Waals surface area contributed by atoms with Gasteiger partial charge in [0.25, 0.3) is 7.82 Å². The Kier molecular flexibility index (Phi) is 24.7. The highest BCUT2D eigenvalue weighted by molar-refractivity contribution is 7.45. The number of hydrogen-bond donors (Lipinski definition) is 2. The summed E-state index contributed by atoms with van der Waals surface area (Å²) < 4.78 is 35.8. The zero-order valence-corrected chi connectivity index (χ0v) is 45.2. The van der Waals surface area contributed by atoms with E-state index in [0.717, 1.165) is 55.8 Å². The van der Waals surface area contributed by atoms with Gasteiger partial charge in [0.2, 0.25) is 0 Å². The summed E-state index contributed by atoms with van der Waals surface area (Å²) in [7, 11) is 0.899. The fourth-order valence-electron chi connectivity index (χ4n) is 13.1. The third-order valence-corrected chi connectivity index (χ3v) is 18.1. The summed E-state index contributed by atoms with van der Waals surface area (Å²) in [6, 6.07) is 0. The van der Waals surface area contributed by atoms with Crippen LogP contribution in [0.5, 0.6) is 0 Å². The Morgan fingerprint density at radius 2 is 1.43 bits per heavy atom. The smallest absolute Gasteiger partial charge is 0.407 e. The molecule has 3 saturated carbocycles. The zero-order valence-electron chi connectivity index (χ0n) is 44.3. The molecule has 11 atom stereocenters. The second-order valence-electron chi connectivity index (χ2n) is 23.8. The quantitative estimate of drug-likeness (QED) is 0.0279. The fourth-order valence-corrected chi connectivity index (χ4v) is 13.8. The van der Waals surface area contributed by atoms with E-state index in [9.17, 15) is 24.2 Å². The van der Waals surface area contributed by atoms with Crippen LogP contribution in [0.2, 0.25) is 0 Å². The number of phosphoric acid groups is 1. The lowest BCUT2D eigenvalue weighted by Crippen LogP contribution is -2.52. The van der Waals surface area contributed by atoms with Crippen molar-refractivity contribution in [1.29, 1.82) is 0 Å². The van der Waals surface area contributed by atoms with Crippen molar-refractivity contribution in [2.45, 2.75) is 233 Å². The first kappa shape index (κ1) is 58.1. The number of aliphatic carboxylic acids is 1. The highest BCUT2D eigenvalue weighted by atomic mass is 31.2. The van der Waals surface area contributed by atoms with Gasteiger partial charge in [0.15, 0.2) is 12.2 Å². The molecule has 1 amide bonds. The monoisotopic (exact) mass is 965 g/mol. The zero-order chi connectivity index (χ0) is 49.1. The number of carboxylic acids is 1. The number of ether oxygens (including phenoxy) is 2. The van der Waals surface area contributed by atoms with Gasteiger partial charge in [-0.3, -0.25) is 4.57 Å². The number of carbonyl (C=O) groups excluding carboxylic acids is 1. The lowest BCUT2D eigenvalue weighted by molar-refractivity contribution is -0.870. The topological polar surface area (TPSA) is 143 Å². The molecule has 3 fully saturated rings. The minimum Gasteiger partial charge on any atom is -0.756 e. The van der Waals surface area contributed by atoms with Crippen LogP contribution >= 0.6 is 7.82 Å². The molecule has 0 aromatic carbocycles. The summed E-state index contributed by atoms with van der Waals surface area (Å²) in [5, 5.41) is 13.3. The number of carboxylic acid groups (broad SMARTS) is 1. The third-order valence-electron chi connectivity index (χ3n) is 17.1. The summed E-state index contributed by atoms with van der Waals surface area (Å²) in [6.45, 7) is 14.5. The van der Waals surface area contributed by atoms with Gasteiger partial charge in [0, 0.05) is 6.54 Å². The van der Waals surface area contributed by atoms with Crippen molar-refractivity contribution in [3.63, 3.8) is 0 Å². The summed E-state index contributed by atoms with van der Waals surface area (Å²) in [5.74, 6) is 3.00. The van der Waals surface area contributed by atoms with Gasteiger partial charge in [-0.25, -0.2) is 9.59 Å². The maximum atomic E-state index is 13.2. The van der Waals surface area contributed by atoms with Crippen LogP contribution in [-0.2, 0) is 27.9 Å². The Morgan fingerprint density at radius 3 is 2.01 bits per heavy atom. The number of quaternary nitrogens is 1. The van der Waals surface area contributed by atoms with Gasteiger partial charge >= 0.3 is 12.1 Å². The highest BCUT2D eigenvalue weighted by Gasteiger charge is 2.59. The average Bonchev–Trinajstić information content (AvgIpc) is 3.62. The van der Waals surface area contributed by atoms with E-state index in [0.29, 0.717) is 47.7 Å². The Morgan fingerprint density at radius 1 is 0.821 bits per heavy atom. The van der Waals surface area contributed by atoms with Gasteiger partial charge in [0.1, 0.15) is 13.2 Å². The van der Waals surface area contributed by atoms with Gasteiger partial charge in [-0.1, -0.05) is 169 Å². The van der Waals surface area contributed by atoms with Crippen LogP contribution < -0.4 is 10.2 Å². The van der Waals surface area contributed by atoms with Crippen molar-refractivity contribution < 1.29 is 47.2 Å².